The van der Waals surface area contributed by atoms with Gasteiger partial charge in [0.2, 0.25) is 21.7 Å². The fourth-order valence-corrected chi connectivity index (χ4v) is 3.61. The summed E-state index contributed by atoms with van der Waals surface area (Å²) in [5, 5.41) is 6.30. The number of benzene rings is 2. The van der Waals surface area contributed by atoms with E-state index in [4.69, 9.17) is 14.0 Å². The Morgan fingerprint density at radius 1 is 1.13 bits per heavy atom. The highest BCUT2D eigenvalue weighted by Crippen LogP contribution is 2.23. The highest BCUT2D eigenvalue weighted by molar-refractivity contribution is 7.89. The zero-order chi connectivity index (χ0) is 21.7. The van der Waals surface area contributed by atoms with Crippen LogP contribution in [0.2, 0.25) is 0 Å². The van der Waals surface area contributed by atoms with Crippen molar-refractivity contribution >= 4 is 15.9 Å². The Labute approximate surface area is 173 Å². The Kier molecular flexibility index (Phi) is 6.33. The number of ether oxygens (including phenoxy) is 2. The molecule has 30 heavy (non-hydrogen) atoms. The number of nitrogens with zero attached hydrogens (tertiary/aromatic N) is 2. The van der Waals surface area contributed by atoms with Crippen molar-refractivity contribution in [2.45, 2.75) is 11.4 Å². The first kappa shape index (κ1) is 21.3. The van der Waals surface area contributed by atoms with Crippen LogP contribution in [0.25, 0.3) is 11.4 Å². The lowest BCUT2D eigenvalue weighted by molar-refractivity contribution is 0.0960. The molecular formula is C19H20N4O6S. The summed E-state index contributed by atoms with van der Waals surface area (Å²) in [5.41, 5.74) is 0.763. The number of hydrogen-bond donors (Lipinski definition) is 2. The van der Waals surface area contributed by atoms with Crippen LogP contribution in [0.4, 0.5) is 0 Å². The van der Waals surface area contributed by atoms with Gasteiger partial charge in [-0.15, -0.1) is 0 Å². The summed E-state index contributed by atoms with van der Waals surface area (Å²) in [6.07, 6.45) is 0. The van der Waals surface area contributed by atoms with Crippen LogP contribution in [0.15, 0.2) is 51.9 Å². The van der Waals surface area contributed by atoms with Gasteiger partial charge in [-0.3, -0.25) is 4.79 Å². The van der Waals surface area contributed by atoms with Gasteiger partial charge in [-0.1, -0.05) is 17.3 Å². The van der Waals surface area contributed by atoms with Gasteiger partial charge >= 0.3 is 0 Å². The zero-order valence-corrected chi connectivity index (χ0v) is 17.3. The van der Waals surface area contributed by atoms with Gasteiger partial charge in [0.1, 0.15) is 11.5 Å². The standard InChI is InChI=1S/C19H20N4O6S/c1-20-19(24)15-10-14(7-8-16(15)28-3)30(25,26)21-11-17-22-18(23-29-17)12-5-4-6-13(9-12)27-2/h4-10,21H,11H2,1-3H3,(H,20,24). The highest BCUT2D eigenvalue weighted by atomic mass is 32.2. The molecule has 0 saturated heterocycles. The van der Waals surface area contributed by atoms with Gasteiger partial charge in [0, 0.05) is 12.6 Å². The summed E-state index contributed by atoms with van der Waals surface area (Å²) in [5.74, 6) is 0.800. The molecule has 0 unspecified atom stereocenters. The van der Waals surface area contributed by atoms with E-state index in [9.17, 15) is 13.2 Å². The van der Waals surface area contributed by atoms with Crippen LogP contribution in [0.5, 0.6) is 11.5 Å². The molecule has 3 aromatic rings. The topological polar surface area (TPSA) is 133 Å². The van der Waals surface area contributed by atoms with Crippen molar-refractivity contribution in [3.8, 4) is 22.9 Å². The Bertz CT molecular complexity index is 1160. The second-order valence-corrected chi connectivity index (χ2v) is 7.78. The molecule has 3 rings (SSSR count). The van der Waals surface area contributed by atoms with E-state index in [2.05, 4.69) is 20.2 Å². The van der Waals surface area contributed by atoms with Crippen molar-refractivity contribution in [3.63, 3.8) is 0 Å². The molecule has 0 spiro atoms. The van der Waals surface area contributed by atoms with Crippen molar-refractivity contribution in [1.29, 1.82) is 0 Å². The van der Waals surface area contributed by atoms with Gasteiger partial charge in [0.15, 0.2) is 0 Å². The third-order valence-corrected chi connectivity index (χ3v) is 5.56. The first-order valence-electron chi connectivity index (χ1n) is 8.74. The number of nitrogens with one attached hydrogen (secondary N) is 2. The molecule has 0 radical (unpaired) electrons. The molecule has 0 fully saturated rings. The lowest BCUT2D eigenvalue weighted by Crippen LogP contribution is -2.24. The fourth-order valence-electron chi connectivity index (χ4n) is 2.61. The predicted molar refractivity (Wildman–Crippen MR) is 107 cm³/mol. The number of hydrogen-bond acceptors (Lipinski definition) is 8. The van der Waals surface area contributed by atoms with E-state index in [1.165, 1.54) is 32.4 Å². The first-order chi connectivity index (χ1) is 14.4. The molecule has 10 nitrogen and oxygen atoms in total. The van der Waals surface area contributed by atoms with Crippen molar-refractivity contribution in [1.82, 2.24) is 20.2 Å². The molecule has 0 bridgehead atoms. The molecule has 0 aliphatic heterocycles. The summed E-state index contributed by atoms with van der Waals surface area (Å²) in [6.45, 7) is -0.222. The summed E-state index contributed by atoms with van der Waals surface area (Å²) in [6, 6.07) is 11.0. The minimum absolute atomic E-state index is 0.0800. The van der Waals surface area contributed by atoms with E-state index < -0.39 is 15.9 Å². The minimum atomic E-state index is -3.95. The van der Waals surface area contributed by atoms with Crippen LogP contribution < -0.4 is 19.5 Å². The second kappa shape index (κ2) is 8.93. The van der Waals surface area contributed by atoms with Crippen molar-refractivity contribution < 1.29 is 27.2 Å². The SMILES string of the molecule is CNC(=O)c1cc(S(=O)(=O)NCc2nc(-c3cccc(OC)c3)no2)ccc1OC. The first-order valence-corrected chi connectivity index (χ1v) is 10.2. The summed E-state index contributed by atoms with van der Waals surface area (Å²) in [4.78, 5) is 16.1. The molecule has 11 heteroatoms. The van der Waals surface area contributed by atoms with Gasteiger partial charge in [-0.05, 0) is 30.3 Å². The summed E-state index contributed by atoms with van der Waals surface area (Å²) < 4.78 is 43.1. The van der Waals surface area contributed by atoms with Gasteiger partial charge in [0.25, 0.3) is 5.91 Å². The molecule has 1 heterocycles. The highest BCUT2D eigenvalue weighted by Gasteiger charge is 2.20. The molecule has 2 aromatic carbocycles. The van der Waals surface area contributed by atoms with Crippen LogP contribution >= 0.6 is 0 Å². The smallest absolute Gasteiger partial charge is 0.254 e. The van der Waals surface area contributed by atoms with E-state index in [0.717, 1.165) is 0 Å². The molecule has 158 valence electrons. The lowest BCUT2D eigenvalue weighted by atomic mass is 10.2. The van der Waals surface area contributed by atoms with Crippen LogP contribution in [0.3, 0.4) is 0 Å². The number of amides is 1. The number of carbonyl (C=O) groups excluding carboxylic acids is 1. The molecule has 0 aliphatic carbocycles. The molecule has 0 aliphatic rings. The van der Waals surface area contributed by atoms with E-state index in [0.29, 0.717) is 17.1 Å². The quantitative estimate of drug-likeness (QED) is 0.548. The fraction of sp³-hybridized carbons (Fsp3) is 0.211. The molecular weight excluding hydrogens is 412 g/mol. The number of aromatic nitrogens is 2. The van der Waals surface area contributed by atoms with Gasteiger partial charge in [-0.25, -0.2) is 13.1 Å². The van der Waals surface area contributed by atoms with E-state index in [1.54, 1.807) is 31.4 Å². The van der Waals surface area contributed by atoms with Gasteiger partial charge in [0.05, 0.1) is 31.2 Å². The normalized spacial score (nSPS) is 11.2. The number of carbonyl (C=O) groups is 1. The van der Waals surface area contributed by atoms with E-state index >= 15 is 0 Å². The average molecular weight is 432 g/mol. The lowest BCUT2D eigenvalue weighted by Gasteiger charge is -2.10. The second-order valence-electron chi connectivity index (χ2n) is 6.01. The number of rotatable bonds is 8. The maximum Gasteiger partial charge on any atom is 0.254 e. The van der Waals surface area contributed by atoms with E-state index in [1.807, 2.05) is 0 Å². The van der Waals surface area contributed by atoms with Gasteiger partial charge < -0.3 is 19.3 Å². The summed E-state index contributed by atoms with van der Waals surface area (Å²) in [7, 11) is 0.433. The third kappa shape index (κ3) is 4.58. The Morgan fingerprint density at radius 3 is 2.63 bits per heavy atom. The Morgan fingerprint density at radius 2 is 1.93 bits per heavy atom. The van der Waals surface area contributed by atoms with Crippen molar-refractivity contribution in [2.75, 3.05) is 21.3 Å². The maximum absolute atomic E-state index is 12.6. The molecule has 1 aromatic heterocycles. The Balaban J connectivity index is 1.77. The monoisotopic (exact) mass is 432 g/mol. The molecule has 0 saturated carbocycles. The minimum Gasteiger partial charge on any atom is -0.497 e. The largest absolute Gasteiger partial charge is 0.497 e. The van der Waals surface area contributed by atoms with E-state index in [-0.39, 0.29) is 28.6 Å². The summed E-state index contributed by atoms with van der Waals surface area (Å²) >= 11 is 0. The predicted octanol–water partition coefficient (Wildman–Crippen LogP) is 1.59. The molecule has 0 atom stereocenters. The number of methoxy groups -OCH3 is 2. The zero-order valence-electron chi connectivity index (χ0n) is 16.5. The van der Waals surface area contributed by atoms with Crippen LogP contribution in [0.1, 0.15) is 16.2 Å². The molecule has 2 N–H and O–H groups in total. The van der Waals surface area contributed by atoms with Crippen LogP contribution in [-0.2, 0) is 16.6 Å². The third-order valence-electron chi connectivity index (χ3n) is 4.16. The van der Waals surface area contributed by atoms with Crippen LogP contribution in [0, 0.1) is 0 Å². The van der Waals surface area contributed by atoms with Gasteiger partial charge in [-0.2, -0.15) is 4.98 Å². The molecule has 1 amide bonds. The van der Waals surface area contributed by atoms with Crippen molar-refractivity contribution in [2.24, 2.45) is 0 Å². The number of sulfonamides is 1. The van der Waals surface area contributed by atoms with Crippen molar-refractivity contribution in [3.05, 3.63) is 53.9 Å². The maximum atomic E-state index is 12.6. The van der Waals surface area contributed by atoms with Crippen LogP contribution in [-0.4, -0.2) is 45.7 Å². The Hall–Kier alpha value is -3.44. The average Bonchev–Trinajstić information content (AvgIpc) is 3.26.